The fourth-order valence-corrected chi connectivity index (χ4v) is 6.10. The molecule has 4 rings (SSSR count). The van der Waals surface area contributed by atoms with Gasteiger partial charge in [0.25, 0.3) is 0 Å². The van der Waals surface area contributed by atoms with Gasteiger partial charge in [-0.3, -0.25) is 9.36 Å². The normalized spacial score (nSPS) is 11.1. The van der Waals surface area contributed by atoms with E-state index in [-0.39, 0.29) is 24.3 Å². The van der Waals surface area contributed by atoms with Gasteiger partial charge in [0.15, 0.2) is 11.0 Å². The largest absolute Gasteiger partial charge is 0.462 e. The van der Waals surface area contributed by atoms with Crippen LogP contribution in [0.15, 0.2) is 52.3 Å². The second-order valence-corrected chi connectivity index (χ2v) is 10.9. The molecular weight excluding hydrogens is 501 g/mol. The molecule has 0 saturated heterocycles. The average Bonchev–Trinajstić information content (AvgIpc) is 3.56. The number of thiophene rings is 2. The molecule has 182 valence electrons. The maximum atomic E-state index is 12.9. The monoisotopic (exact) mass is 526 g/mol. The third-order valence-electron chi connectivity index (χ3n) is 5.11. The molecule has 0 aliphatic heterocycles. The zero-order valence-electron chi connectivity index (χ0n) is 19.9. The molecule has 35 heavy (non-hydrogen) atoms. The molecule has 0 bridgehead atoms. The minimum Gasteiger partial charge on any atom is -0.462 e. The average molecular weight is 527 g/mol. The number of amides is 1. The number of aryl methyl sites for hydroxylation is 1. The lowest BCUT2D eigenvalue weighted by atomic mass is 10.0. The zero-order chi connectivity index (χ0) is 24.9. The van der Waals surface area contributed by atoms with Gasteiger partial charge in [0.2, 0.25) is 5.91 Å². The van der Waals surface area contributed by atoms with Crippen molar-refractivity contribution >= 4 is 51.3 Å². The number of ether oxygens (including phenoxy) is 1. The second-order valence-electron chi connectivity index (χ2n) is 7.99. The van der Waals surface area contributed by atoms with Crippen molar-refractivity contribution in [3.63, 3.8) is 0 Å². The molecule has 0 atom stereocenters. The van der Waals surface area contributed by atoms with E-state index < -0.39 is 5.97 Å². The molecule has 0 spiro atoms. The van der Waals surface area contributed by atoms with Gasteiger partial charge in [-0.15, -0.1) is 32.9 Å². The zero-order valence-corrected chi connectivity index (χ0v) is 22.4. The van der Waals surface area contributed by atoms with Gasteiger partial charge in [0, 0.05) is 32.8 Å². The van der Waals surface area contributed by atoms with Crippen molar-refractivity contribution < 1.29 is 14.3 Å². The SMILES string of the molecule is CCOC(=O)c1c(-c2ccccc2)csc1NC(=O)CSc1nnc(-c2csc(C)c2)n1C(C)C. The van der Waals surface area contributed by atoms with E-state index in [0.29, 0.717) is 15.7 Å². The Kier molecular flexibility index (Phi) is 8.04. The minimum atomic E-state index is -0.453. The van der Waals surface area contributed by atoms with Crippen molar-refractivity contribution in [2.45, 2.75) is 38.9 Å². The number of benzene rings is 1. The molecule has 7 nitrogen and oxygen atoms in total. The molecule has 0 fully saturated rings. The molecule has 10 heteroatoms. The maximum Gasteiger partial charge on any atom is 0.341 e. The highest BCUT2D eigenvalue weighted by atomic mass is 32.2. The van der Waals surface area contributed by atoms with Crippen LogP contribution >= 0.6 is 34.4 Å². The van der Waals surface area contributed by atoms with E-state index in [1.54, 1.807) is 18.3 Å². The van der Waals surface area contributed by atoms with E-state index in [0.717, 1.165) is 22.5 Å². The Hall–Kier alpha value is -2.95. The fourth-order valence-electron chi connectivity index (χ4n) is 3.58. The lowest BCUT2D eigenvalue weighted by Gasteiger charge is -2.13. The molecule has 1 N–H and O–H groups in total. The summed E-state index contributed by atoms with van der Waals surface area (Å²) in [6.45, 7) is 8.21. The second kappa shape index (κ2) is 11.2. The Bertz CT molecular complexity index is 1320. The van der Waals surface area contributed by atoms with Gasteiger partial charge in [-0.05, 0) is 39.3 Å². The molecule has 0 saturated carbocycles. The standard InChI is InChI=1S/C25H26N4O3S3/c1-5-32-24(31)21-19(17-9-7-6-8-10-17)13-34-23(21)26-20(30)14-35-25-28-27-22(29(25)15(2)3)18-11-16(4)33-12-18/h6-13,15H,5,14H2,1-4H3,(H,26,30). The van der Waals surface area contributed by atoms with Gasteiger partial charge in [-0.1, -0.05) is 42.1 Å². The highest BCUT2D eigenvalue weighted by Crippen LogP contribution is 2.36. The van der Waals surface area contributed by atoms with Crippen LogP contribution in [-0.4, -0.2) is 39.0 Å². The fraction of sp³-hybridized carbons (Fsp3) is 0.280. The van der Waals surface area contributed by atoms with Crippen LogP contribution in [0.4, 0.5) is 5.00 Å². The van der Waals surface area contributed by atoms with Crippen molar-refractivity contribution in [2.75, 3.05) is 17.7 Å². The minimum absolute atomic E-state index is 0.131. The van der Waals surface area contributed by atoms with Gasteiger partial charge in [0.05, 0.1) is 12.4 Å². The Morgan fingerprint density at radius 3 is 2.54 bits per heavy atom. The summed E-state index contributed by atoms with van der Waals surface area (Å²) < 4.78 is 7.32. The molecule has 0 radical (unpaired) electrons. The number of nitrogens with zero attached hydrogens (tertiary/aromatic N) is 3. The Labute approximate surface area is 216 Å². The first-order chi connectivity index (χ1) is 16.9. The third-order valence-corrected chi connectivity index (χ3v) is 7.81. The molecule has 0 unspecified atom stereocenters. The maximum absolute atomic E-state index is 12.9. The van der Waals surface area contributed by atoms with Gasteiger partial charge in [-0.25, -0.2) is 4.79 Å². The summed E-state index contributed by atoms with van der Waals surface area (Å²) in [7, 11) is 0. The predicted molar refractivity (Wildman–Crippen MR) is 144 cm³/mol. The summed E-state index contributed by atoms with van der Waals surface area (Å²) in [5, 5.41) is 16.7. The van der Waals surface area contributed by atoms with E-state index in [9.17, 15) is 9.59 Å². The number of carbonyl (C=O) groups excluding carboxylic acids is 2. The lowest BCUT2D eigenvalue weighted by Crippen LogP contribution is -2.17. The van der Waals surface area contributed by atoms with Crippen LogP contribution < -0.4 is 5.32 Å². The number of rotatable bonds is 9. The number of nitrogens with one attached hydrogen (secondary N) is 1. The molecule has 1 aromatic carbocycles. The topological polar surface area (TPSA) is 86.1 Å². The van der Waals surface area contributed by atoms with Crippen LogP contribution in [0.3, 0.4) is 0 Å². The van der Waals surface area contributed by atoms with E-state index in [1.165, 1.54) is 28.0 Å². The van der Waals surface area contributed by atoms with Crippen molar-refractivity contribution in [1.29, 1.82) is 0 Å². The van der Waals surface area contributed by atoms with Crippen molar-refractivity contribution in [1.82, 2.24) is 14.8 Å². The summed E-state index contributed by atoms with van der Waals surface area (Å²) in [5.41, 5.74) is 3.04. The van der Waals surface area contributed by atoms with E-state index in [1.807, 2.05) is 40.3 Å². The molecule has 0 aliphatic carbocycles. The highest BCUT2D eigenvalue weighted by molar-refractivity contribution is 7.99. The Balaban J connectivity index is 1.52. The first-order valence-corrected chi connectivity index (χ1v) is 13.9. The van der Waals surface area contributed by atoms with E-state index in [4.69, 9.17) is 4.74 Å². The van der Waals surface area contributed by atoms with Gasteiger partial charge in [-0.2, -0.15) is 0 Å². The number of hydrogen-bond acceptors (Lipinski definition) is 8. The van der Waals surface area contributed by atoms with Crippen LogP contribution in [0.1, 0.15) is 42.0 Å². The lowest BCUT2D eigenvalue weighted by molar-refractivity contribution is -0.113. The van der Waals surface area contributed by atoms with Crippen LogP contribution in [-0.2, 0) is 9.53 Å². The van der Waals surface area contributed by atoms with E-state index >= 15 is 0 Å². The van der Waals surface area contributed by atoms with Crippen LogP contribution in [0.5, 0.6) is 0 Å². The molecular formula is C25H26N4O3S3. The molecule has 3 heterocycles. The third kappa shape index (κ3) is 5.66. The van der Waals surface area contributed by atoms with Gasteiger partial charge < -0.3 is 10.1 Å². The first kappa shape index (κ1) is 25.2. The quantitative estimate of drug-likeness (QED) is 0.197. The van der Waals surface area contributed by atoms with Crippen molar-refractivity contribution in [3.8, 4) is 22.5 Å². The van der Waals surface area contributed by atoms with Crippen LogP contribution in [0.2, 0.25) is 0 Å². The van der Waals surface area contributed by atoms with Gasteiger partial charge >= 0.3 is 5.97 Å². The number of aromatic nitrogens is 3. The molecule has 1 amide bonds. The number of carbonyl (C=O) groups is 2. The smallest absolute Gasteiger partial charge is 0.341 e. The van der Waals surface area contributed by atoms with Crippen molar-refractivity contribution in [3.05, 3.63) is 57.6 Å². The number of anilines is 1. The van der Waals surface area contributed by atoms with Crippen molar-refractivity contribution in [2.24, 2.45) is 0 Å². The predicted octanol–water partition coefficient (Wildman–Crippen LogP) is 6.53. The first-order valence-electron chi connectivity index (χ1n) is 11.2. The number of hydrogen-bond donors (Lipinski definition) is 1. The Morgan fingerprint density at radius 2 is 1.89 bits per heavy atom. The molecule has 4 aromatic rings. The Morgan fingerprint density at radius 1 is 1.11 bits per heavy atom. The summed E-state index contributed by atoms with van der Waals surface area (Å²) in [6, 6.07) is 11.8. The number of thioether (sulfide) groups is 1. The van der Waals surface area contributed by atoms with E-state index in [2.05, 4.69) is 47.7 Å². The molecule has 3 aromatic heterocycles. The summed E-state index contributed by atoms with van der Waals surface area (Å²) >= 11 is 4.30. The highest BCUT2D eigenvalue weighted by Gasteiger charge is 2.24. The summed E-state index contributed by atoms with van der Waals surface area (Å²) in [5.74, 6) is 0.246. The number of esters is 1. The van der Waals surface area contributed by atoms with Crippen LogP contribution in [0, 0.1) is 6.92 Å². The summed E-state index contributed by atoms with van der Waals surface area (Å²) in [6.07, 6.45) is 0. The van der Waals surface area contributed by atoms with Crippen LogP contribution in [0.25, 0.3) is 22.5 Å². The molecule has 0 aliphatic rings. The summed E-state index contributed by atoms with van der Waals surface area (Å²) in [4.78, 5) is 26.8. The van der Waals surface area contributed by atoms with Gasteiger partial charge in [0.1, 0.15) is 10.6 Å².